The van der Waals surface area contributed by atoms with Crippen LogP contribution in [-0.4, -0.2) is 4.98 Å². The van der Waals surface area contributed by atoms with Crippen LogP contribution in [0.2, 0.25) is 0 Å². The number of anilines is 6. The predicted octanol–water partition coefficient (Wildman–Crippen LogP) is 13.3. The van der Waals surface area contributed by atoms with Gasteiger partial charge in [0, 0.05) is 68.6 Å². The van der Waals surface area contributed by atoms with Gasteiger partial charge in [-0.15, -0.1) is 0 Å². The normalized spacial score (nSPS) is 13.1. The number of nitrogens with zero attached hydrogens (tertiary/aromatic N) is 3. The molecule has 0 saturated carbocycles. The second-order valence-corrected chi connectivity index (χ2v) is 14.0. The van der Waals surface area contributed by atoms with Crippen LogP contribution >= 0.6 is 0 Å². The molecule has 248 valence electrons. The summed E-state index contributed by atoms with van der Waals surface area (Å²) in [6.45, 7) is 4.68. The van der Waals surface area contributed by atoms with E-state index in [0.717, 1.165) is 67.5 Å². The fourth-order valence-electron chi connectivity index (χ4n) is 8.29. The predicted molar refractivity (Wildman–Crippen MR) is 214 cm³/mol. The molecule has 4 heteroatoms. The number of hydrogen-bond donors (Lipinski definition) is 0. The van der Waals surface area contributed by atoms with E-state index in [2.05, 4.69) is 174 Å². The lowest BCUT2D eigenvalue weighted by Crippen LogP contribution is -2.16. The molecular weight excluding hydrogens is 635 g/mol. The van der Waals surface area contributed by atoms with E-state index in [-0.39, 0.29) is 5.41 Å². The summed E-state index contributed by atoms with van der Waals surface area (Å²) in [5.41, 5.74) is 14.0. The van der Waals surface area contributed by atoms with Crippen molar-refractivity contribution < 1.29 is 4.74 Å². The largest absolute Gasteiger partial charge is 0.456 e. The van der Waals surface area contributed by atoms with Crippen LogP contribution in [0.3, 0.4) is 0 Å². The van der Waals surface area contributed by atoms with Gasteiger partial charge in [0.1, 0.15) is 11.5 Å². The Morgan fingerprint density at radius 1 is 0.442 bits per heavy atom. The Bertz CT molecular complexity index is 2590. The molecule has 0 atom stereocenters. The minimum absolute atomic E-state index is 0.103. The first-order valence-electron chi connectivity index (χ1n) is 17.8. The van der Waals surface area contributed by atoms with Gasteiger partial charge in [-0.05, 0) is 101 Å². The summed E-state index contributed by atoms with van der Waals surface area (Å²) in [6, 6.07) is 58.5. The molecule has 0 amide bonds. The van der Waals surface area contributed by atoms with E-state index in [0.29, 0.717) is 0 Å². The molecular formula is C48H35N3O. The molecule has 52 heavy (non-hydrogen) atoms. The number of rotatable bonds is 6. The first-order chi connectivity index (χ1) is 25.6. The van der Waals surface area contributed by atoms with E-state index >= 15 is 0 Å². The van der Waals surface area contributed by atoms with Crippen molar-refractivity contribution in [1.29, 1.82) is 0 Å². The fraction of sp³-hybridized carbons (Fsp3) is 0.0625. The minimum atomic E-state index is -0.103. The van der Waals surface area contributed by atoms with Crippen molar-refractivity contribution in [3.8, 4) is 33.8 Å². The van der Waals surface area contributed by atoms with Gasteiger partial charge in [0.2, 0.25) is 0 Å². The average Bonchev–Trinajstić information content (AvgIpc) is 3.42. The van der Waals surface area contributed by atoms with Gasteiger partial charge in [0.05, 0.1) is 5.69 Å². The number of fused-ring (bicyclic) bond motifs is 5. The van der Waals surface area contributed by atoms with Crippen LogP contribution in [0.1, 0.15) is 25.0 Å². The Morgan fingerprint density at radius 2 is 1.06 bits per heavy atom. The van der Waals surface area contributed by atoms with Crippen molar-refractivity contribution in [2.24, 2.45) is 0 Å². The number of benzene rings is 7. The zero-order chi connectivity index (χ0) is 34.8. The third kappa shape index (κ3) is 4.65. The smallest absolute Gasteiger partial charge is 0.137 e. The molecule has 0 N–H and O–H groups in total. The van der Waals surface area contributed by atoms with E-state index in [9.17, 15) is 0 Å². The first-order valence-corrected chi connectivity index (χ1v) is 17.8. The van der Waals surface area contributed by atoms with Crippen molar-refractivity contribution in [3.05, 3.63) is 187 Å². The maximum Gasteiger partial charge on any atom is 0.137 e. The lowest BCUT2D eigenvalue weighted by Gasteiger charge is -2.31. The number of pyridine rings is 1. The first kappa shape index (κ1) is 30.2. The Kier molecular flexibility index (Phi) is 6.80. The monoisotopic (exact) mass is 669 g/mol. The molecule has 2 heterocycles. The van der Waals surface area contributed by atoms with Crippen molar-refractivity contribution in [3.63, 3.8) is 0 Å². The minimum Gasteiger partial charge on any atom is -0.456 e. The van der Waals surface area contributed by atoms with E-state index < -0.39 is 0 Å². The van der Waals surface area contributed by atoms with Gasteiger partial charge < -0.3 is 14.5 Å². The van der Waals surface area contributed by atoms with Gasteiger partial charge in [-0.25, -0.2) is 0 Å². The summed E-state index contributed by atoms with van der Waals surface area (Å²) in [7, 11) is 0. The topological polar surface area (TPSA) is 28.6 Å². The van der Waals surface area contributed by atoms with Crippen LogP contribution in [0.5, 0.6) is 11.5 Å². The van der Waals surface area contributed by atoms with Crippen LogP contribution in [0, 0.1) is 0 Å². The number of hydrogen-bond acceptors (Lipinski definition) is 4. The third-order valence-corrected chi connectivity index (χ3v) is 10.7. The SMILES string of the molecule is CC1(C)c2ccccc2-c2ccc(N(c3ccccc3)c3ccc4c5c(cccc35)Oc3cc(N(c5ccccc5)c5ccncc5)ccc3-4)cc21. The zero-order valence-corrected chi connectivity index (χ0v) is 29.0. The van der Waals surface area contributed by atoms with Crippen LogP contribution < -0.4 is 14.5 Å². The molecule has 10 rings (SSSR count). The van der Waals surface area contributed by atoms with Gasteiger partial charge in [0.15, 0.2) is 0 Å². The van der Waals surface area contributed by atoms with Gasteiger partial charge in [-0.1, -0.05) is 98.8 Å². The van der Waals surface area contributed by atoms with E-state index in [1.165, 1.54) is 22.3 Å². The highest BCUT2D eigenvalue weighted by molar-refractivity contribution is 6.11. The highest BCUT2D eigenvalue weighted by atomic mass is 16.5. The molecule has 0 radical (unpaired) electrons. The van der Waals surface area contributed by atoms with Gasteiger partial charge in [0.25, 0.3) is 0 Å². The molecule has 1 aliphatic heterocycles. The Labute approximate surface area is 303 Å². The molecule has 0 spiro atoms. The summed E-state index contributed by atoms with van der Waals surface area (Å²) in [5.74, 6) is 1.69. The average molecular weight is 670 g/mol. The summed E-state index contributed by atoms with van der Waals surface area (Å²) in [4.78, 5) is 8.90. The maximum atomic E-state index is 6.82. The van der Waals surface area contributed by atoms with Gasteiger partial charge in [-0.3, -0.25) is 4.98 Å². The van der Waals surface area contributed by atoms with Crippen molar-refractivity contribution in [2.75, 3.05) is 9.80 Å². The quantitative estimate of drug-likeness (QED) is 0.176. The fourth-order valence-corrected chi connectivity index (χ4v) is 8.29. The molecule has 7 aromatic carbocycles. The molecule has 0 fully saturated rings. The summed E-state index contributed by atoms with van der Waals surface area (Å²) >= 11 is 0. The van der Waals surface area contributed by atoms with Gasteiger partial charge >= 0.3 is 0 Å². The van der Waals surface area contributed by atoms with Crippen molar-refractivity contribution >= 4 is 44.9 Å². The number of ether oxygens (including phenoxy) is 1. The van der Waals surface area contributed by atoms with E-state index in [1.54, 1.807) is 0 Å². The second-order valence-electron chi connectivity index (χ2n) is 14.0. The lowest BCUT2D eigenvalue weighted by atomic mass is 9.82. The summed E-state index contributed by atoms with van der Waals surface area (Å²) < 4.78 is 6.82. The van der Waals surface area contributed by atoms with E-state index in [4.69, 9.17) is 4.74 Å². The maximum absolute atomic E-state index is 6.82. The Morgan fingerprint density at radius 3 is 1.83 bits per heavy atom. The molecule has 1 aliphatic carbocycles. The highest BCUT2D eigenvalue weighted by Crippen LogP contribution is 2.54. The molecule has 0 bridgehead atoms. The van der Waals surface area contributed by atoms with E-state index in [1.807, 2.05) is 30.6 Å². The number of aromatic nitrogens is 1. The van der Waals surface area contributed by atoms with Crippen LogP contribution in [0.15, 0.2) is 176 Å². The molecule has 2 aliphatic rings. The molecule has 0 saturated heterocycles. The van der Waals surface area contributed by atoms with Crippen molar-refractivity contribution in [1.82, 2.24) is 4.98 Å². The van der Waals surface area contributed by atoms with Crippen molar-refractivity contribution in [2.45, 2.75) is 19.3 Å². The van der Waals surface area contributed by atoms with Gasteiger partial charge in [-0.2, -0.15) is 0 Å². The van der Waals surface area contributed by atoms with Crippen LogP contribution in [0.25, 0.3) is 33.0 Å². The lowest BCUT2D eigenvalue weighted by molar-refractivity contribution is 0.487. The molecule has 1 aromatic heterocycles. The third-order valence-electron chi connectivity index (χ3n) is 10.7. The molecule has 8 aromatic rings. The highest BCUT2D eigenvalue weighted by Gasteiger charge is 2.36. The van der Waals surface area contributed by atoms with Crippen LogP contribution in [0.4, 0.5) is 34.1 Å². The zero-order valence-electron chi connectivity index (χ0n) is 29.0. The Hall–Kier alpha value is -6.65. The van der Waals surface area contributed by atoms with Crippen LogP contribution in [-0.2, 0) is 5.41 Å². The second kappa shape index (κ2) is 11.7. The molecule has 4 nitrogen and oxygen atoms in total. The number of para-hydroxylation sites is 2. The molecule has 0 unspecified atom stereocenters. The Balaban J connectivity index is 1.12. The summed E-state index contributed by atoms with van der Waals surface area (Å²) in [6.07, 6.45) is 3.66. The summed E-state index contributed by atoms with van der Waals surface area (Å²) in [5, 5.41) is 2.25. The standard InChI is InChI=1S/C48H35N3O/c1-48(2)42-18-10-9-16-37(42)38-22-20-35(30-43(38)48)51(33-14-7-4-8-15-33)44-25-24-40-39-23-21-36(31-46(39)52-45-19-11-17-41(44)47(40)45)50(32-12-5-3-6-13-32)34-26-28-49-29-27-34/h3-31H,1-2H3.